The fraction of sp³-hybridized carbons (Fsp3) is 0.143. The second kappa shape index (κ2) is 3.71. The van der Waals surface area contributed by atoms with Gasteiger partial charge in [-0.05, 0) is 0 Å². The third-order valence-corrected chi connectivity index (χ3v) is 7.97. The first-order valence-electron chi connectivity index (χ1n) is 2.77. The van der Waals surface area contributed by atoms with Crippen molar-refractivity contribution >= 4 is 36.9 Å². The standard InChI is InChI=1S/C7H7.BrH.Pb/c1-7-5-3-2-4-6-7;;/h2-5H,1H3;1H;/q;;+1/p-1. The molecule has 1 rings (SSSR count). The van der Waals surface area contributed by atoms with Gasteiger partial charge in [0.2, 0.25) is 0 Å². The molecule has 0 aromatic heterocycles. The predicted molar refractivity (Wildman–Crippen MR) is 45.5 cm³/mol. The average Bonchev–Trinajstić information content (AvgIpc) is 1.89. The van der Waals surface area contributed by atoms with Crippen molar-refractivity contribution in [3.05, 3.63) is 29.8 Å². The minimum atomic E-state index is -0.558. The topological polar surface area (TPSA) is 0 Å². The van der Waals surface area contributed by atoms with Crippen molar-refractivity contribution in [3.8, 4) is 0 Å². The third kappa shape index (κ3) is 2.04. The van der Waals surface area contributed by atoms with Crippen molar-refractivity contribution in [2.24, 2.45) is 0 Å². The second-order valence-corrected chi connectivity index (χ2v) is 8.22. The molecule has 0 N–H and O–H groups in total. The predicted octanol–water partition coefficient (Wildman–Crippen LogP) is 1.63. The Morgan fingerprint density at radius 3 is 2.44 bits per heavy atom. The van der Waals surface area contributed by atoms with Crippen LogP contribution in [0.3, 0.4) is 0 Å². The van der Waals surface area contributed by atoms with E-state index in [1.807, 2.05) is 0 Å². The summed E-state index contributed by atoms with van der Waals surface area (Å²) in [5, 5.41) is 0. The van der Waals surface area contributed by atoms with Gasteiger partial charge in [0.05, 0.1) is 0 Å². The molecule has 0 saturated carbocycles. The Bertz CT molecular complexity index is 198. The zero-order chi connectivity index (χ0) is 6.69. The fourth-order valence-electron chi connectivity index (χ4n) is 0.679. The second-order valence-electron chi connectivity index (χ2n) is 1.91. The molecule has 0 saturated heterocycles. The number of rotatable bonds is 1. The van der Waals surface area contributed by atoms with Crippen LogP contribution in [0.1, 0.15) is 5.56 Å². The van der Waals surface area contributed by atoms with Crippen LogP contribution in [0.5, 0.6) is 0 Å². The molecular weight excluding hydrogens is 371 g/mol. The summed E-state index contributed by atoms with van der Waals surface area (Å²) in [6, 6.07) is 8.58. The number of hydrogen-bond donors (Lipinski definition) is 0. The van der Waals surface area contributed by atoms with Gasteiger partial charge in [-0.1, -0.05) is 0 Å². The Labute approximate surface area is 73.2 Å². The van der Waals surface area contributed by atoms with Crippen molar-refractivity contribution < 1.29 is 0 Å². The van der Waals surface area contributed by atoms with E-state index in [4.69, 9.17) is 0 Å². The zero-order valence-corrected chi connectivity index (χ0v) is 10.7. The normalized spacial score (nSPS) is 9.56. The molecule has 0 atom stereocenters. The van der Waals surface area contributed by atoms with E-state index < -0.39 is 21.8 Å². The molecule has 0 spiro atoms. The third-order valence-electron chi connectivity index (χ3n) is 1.25. The number of aryl methyl sites for hydroxylation is 1. The van der Waals surface area contributed by atoms with Gasteiger partial charge >= 0.3 is 73.7 Å². The Balaban J connectivity index is 3.01. The molecule has 0 aliphatic heterocycles. The van der Waals surface area contributed by atoms with E-state index in [1.165, 1.54) is 5.56 Å². The summed E-state index contributed by atoms with van der Waals surface area (Å²) in [7, 11) is 0. The van der Waals surface area contributed by atoms with Crippen molar-refractivity contribution in [1.82, 2.24) is 0 Å². The van der Waals surface area contributed by atoms with E-state index in [0.717, 1.165) is 0 Å². The Morgan fingerprint density at radius 1 is 1.33 bits per heavy atom. The van der Waals surface area contributed by atoms with Crippen molar-refractivity contribution in [1.29, 1.82) is 0 Å². The zero-order valence-electron chi connectivity index (χ0n) is 5.19. The maximum absolute atomic E-state index is 3.60. The molecule has 46 valence electrons. The number of halogens is 1. The molecule has 0 fully saturated rings. The summed E-state index contributed by atoms with van der Waals surface area (Å²) in [6.07, 6.45) is 0. The quantitative estimate of drug-likeness (QED) is 0.652. The molecule has 0 aliphatic carbocycles. The monoisotopic (exact) mass is 378 g/mol. The van der Waals surface area contributed by atoms with Crippen LogP contribution in [-0.2, 0) is 0 Å². The van der Waals surface area contributed by atoms with Gasteiger partial charge in [-0.2, -0.15) is 0 Å². The summed E-state index contributed by atoms with van der Waals surface area (Å²) in [6.45, 7) is 2.17. The van der Waals surface area contributed by atoms with Gasteiger partial charge in [0.15, 0.2) is 0 Å². The van der Waals surface area contributed by atoms with E-state index in [-0.39, 0.29) is 0 Å². The van der Waals surface area contributed by atoms with Crippen LogP contribution in [0, 0.1) is 6.92 Å². The van der Waals surface area contributed by atoms with Crippen LogP contribution in [0.2, 0.25) is 0 Å². The molecule has 0 amide bonds. The Kier molecular flexibility index (Phi) is 3.18. The molecule has 9 heavy (non-hydrogen) atoms. The SMILES string of the molecule is Cc1cccc[c]1[Pb][Br]. The molecule has 0 bridgehead atoms. The van der Waals surface area contributed by atoms with Crippen LogP contribution in [0.4, 0.5) is 0 Å². The van der Waals surface area contributed by atoms with Crippen LogP contribution < -0.4 is 3.12 Å². The van der Waals surface area contributed by atoms with E-state index in [1.54, 1.807) is 3.12 Å². The van der Waals surface area contributed by atoms with Crippen molar-refractivity contribution in [3.63, 3.8) is 0 Å². The van der Waals surface area contributed by atoms with E-state index >= 15 is 0 Å². The van der Waals surface area contributed by atoms with Gasteiger partial charge in [0, 0.05) is 0 Å². The van der Waals surface area contributed by atoms with Gasteiger partial charge in [0.25, 0.3) is 0 Å². The van der Waals surface area contributed by atoms with E-state index in [0.29, 0.717) is 0 Å². The Morgan fingerprint density at radius 2 is 2.00 bits per heavy atom. The summed E-state index contributed by atoms with van der Waals surface area (Å²) in [5.41, 5.74) is 1.44. The first-order chi connectivity index (χ1) is 4.34. The summed E-state index contributed by atoms with van der Waals surface area (Å²) in [4.78, 5) is 0. The van der Waals surface area contributed by atoms with Crippen LogP contribution in [0.15, 0.2) is 24.3 Å². The maximum atomic E-state index is 3.60. The van der Waals surface area contributed by atoms with Gasteiger partial charge in [-0.3, -0.25) is 0 Å². The first-order valence-corrected chi connectivity index (χ1v) is 13.1. The average molecular weight is 378 g/mol. The minimum absolute atomic E-state index is 0.558. The summed E-state index contributed by atoms with van der Waals surface area (Å²) in [5.74, 6) is 0. The molecular formula is C7H7BrPb. The Hall–Kier alpha value is 0.622. The summed E-state index contributed by atoms with van der Waals surface area (Å²) < 4.78 is 1.57. The molecule has 0 nitrogen and oxygen atoms in total. The van der Waals surface area contributed by atoms with Crippen LogP contribution >= 0.6 is 12.0 Å². The van der Waals surface area contributed by atoms with Gasteiger partial charge in [-0.25, -0.2) is 0 Å². The van der Waals surface area contributed by atoms with E-state index in [2.05, 4.69) is 43.2 Å². The molecule has 1 aromatic rings. The van der Waals surface area contributed by atoms with Gasteiger partial charge in [0.1, 0.15) is 0 Å². The van der Waals surface area contributed by atoms with Crippen LogP contribution in [-0.4, -0.2) is 21.8 Å². The fourth-order valence-corrected chi connectivity index (χ4v) is 6.11. The molecule has 0 heterocycles. The molecule has 1 aromatic carbocycles. The molecule has 2 radical (unpaired) electrons. The van der Waals surface area contributed by atoms with Gasteiger partial charge in [-0.15, -0.1) is 0 Å². The van der Waals surface area contributed by atoms with Gasteiger partial charge < -0.3 is 0 Å². The van der Waals surface area contributed by atoms with Crippen LogP contribution in [0.25, 0.3) is 0 Å². The number of hydrogen-bond acceptors (Lipinski definition) is 0. The number of benzene rings is 1. The molecule has 0 aliphatic rings. The first kappa shape index (κ1) is 7.73. The molecule has 0 unspecified atom stereocenters. The van der Waals surface area contributed by atoms with Crippen molar-refractivity contribution in [2.45, 2.75) is 6.92 Å². The van der Waals surface area contributed by atoms with Crippen molar-refractivity contribution in [2.75, 3.05) is 0 Å². The molecule has 2 heteroatoms. The van der Waals surface area contributed by atoms with E-state index in [9.17, 15) is 0 Å². The summed E-state index contributed by atoms with van der Waals surface area (Å²) >= 11 is 3.04.